The van der Waals surface area contributed by atoms with E-state index in [1.54, 1.807) is 0 Å². The van der Waals surface area contributed by atoms with Gasteiger partial charge < -0.3 is 9.84 Å². The molecule has 4 heteroatoms. The molecule has 1 aliphatic carbocycles. The van der Waals surface area contributed by atoms with Crippen molar-refractivity contribution >= 4 is 0 Å². The van der Waals surface area contributed by atoms with Crippen molar-refractivity contribution in [1.82, 2.24) is 15.4 Å². The number of aromatic nitrogens is 1. The summed E-state index contributed by atoms with van der Waals surface area (Å²) in [6.07, 6.45) is 4.22. The van der Waals surface area contributed by atoms with Gasteiger partial charge in [-0.25, -0.2) is 0 Å². The van der Waals surface area contributed by atoms with Crippen LogP contribution in [-0.2, 0) is 13.1 Å². The van der Waals surface area contributed by atoms with Gasteiger partial charge in [0.15, 0.2) is 5.76 Å². The summed E-state index contributed by atoms with van der Waals surface area (Å²) in [6, 6.07) is 2.08. The molecule has 1 saturated carbocycles. The molecule has 0 unspecified atom stereocenters. The summed E-state index contributed by atoms with van der Waals surface area (Å²) in [7, 11) is 0. The second-order valence-corrected chi connectivity index (χ2v) is 5.19. The standard InChI is InChI=1S/C14H25N3O/c1-3-15-9-13-8-14(18-16-13)11-17(4-2)10-12-6-5-7-12/h8,12,15H,3-7,9-11H2,1-2H3. The smallest absolute Gasteiger partial charge is 0.151 e. The first-order chi connectivity index (χ1) is 8.81. The summed E-state index contributed by atoms with van der Waals surface area (Å²) in [5.41, 5.74) is 1.01. The van der Waals surface area contributed by atoms with Crippen LogP contribution in [0.2, 0.25) is 0 Å². The maximum absolute atomic E-state index is 5.40. The van der Waals surface area contributed by atoms with Crippen LogP contribution in [0.15, 0.2) is 10.6 Å². The van der Waals surface area contributed by atoms with Crippen molar-refractivity contribution in [2.75, 3.05) is 19.6 Å². The van der Waals surface area contributed by atoms with Gasteiger partial charge in [-0.1, -0.05) is 25.4 Å². The summed E-state index contributed by atoms with van der Waals surface area (Å²) in [6.45, 7) is 9.26. The molecule has 0 atom stereocenters. The first-order valence-corrected chi connectivity index (χ1v) is 7.19. The summed E-state index contributed by atoms with van der Waals surface area (Å²) in [5, 5.41) is 7.35. The minimum Gasteiger partial charge on any atom is -0.360 e. The number of hydrogen-bond acceptors (Lipinski definition) is 4. The fourth-order valence-electron chi connectivity index (χ4n) is 2.33. The van der Waals surface area contributed by atoms with Crippen molar-refractivity contribution in [2.45, 2.75) is 46.2 Å². The minimum atomic E-state index is 0.800. The predicted molar refractivity (Wildman–Crippen MR) is 72.2 cm³/mol. The van der Waals surface area contributed by atoms with E-state index in [0.29, 0.717) is 0 Å². The topological polar surface area (TPSA) is 41.3 Å². The molecular weight excluding hydrogens is 226 g/mol. The Morgan fingerprint density at radius 2 is 2.28 bits per heavy atom. The Labute approximate surface area is 110 Å². The van der Waals surface area contributed by atoms with Gasteiger partial charge in [0.2, 0.25) is 0 Å². The van der Waals surface area contributed by atoms with Crippen molar-refractivity contribution in [3.63, 3.8) is 0 Å². The summed E-state index contributed by atoms with van der Waals surface area (Å²) >= 11 is 0. The third-order valence-electron chi connectivity index (χ3n) is 3.73. The number of hydrogen-bond donors (Lipinski definition) is 1. The second-order valence-electron chi connectivity index (χ2n) is 5.19. The first kappa shape index (κ1) is 13.6. The lowest BCUT2D eigenvalue weighted by Crippen LogP contribution is -2.31. The van der Waals surface area contributed by atoms with E-state index in [1.165, 1.54) is 25.8 Å². The van der Waals surface area contributed by atoms with E-state index in [1.807, 2.05) is 0 Å². The first-order valence-electron chi connectivity index (χ1n) is 7.19. The van der Waals surface area contributed by atoms with Crippen LogP contribution in [0.3, 0.4) is 0 Å². The Morgan fingerprint density at radius 1 is 1.44 bits per heavy atom. The summed E-state index contributed by atoms with van der Waals surface area (Å²) < 4.78 is 5.40. The van der Waals surface area contributed by atoms with Gasteiger partial charge in [-0.05, 0) is 31.8 Å². The van der Waals surface area contributed by atoms with Gasteiger partial charge in [0.1, 0.15) is 0 Å². The zero-order valence-corrected chi connectivity index (χ0v) is 11.6. The van der Waals surface area contributed by atoms with E-state index >= 15 is 0 Å². The van der Waals surface area contributed by atoms with Crippen LogP contribution in [0.5, 0.6) is 0 Å². The van der Waals surface area contributed by atoms with Crippen molar-refractivity contribution in [2.24, 2.45) is 5.92 Å². The molecule has 0 aromatic carbocycles. The molecule has 0 radical (unpaired) electrons. The van der Waals surface area contributed by atoms with Gasteiger partial charge in [0, 0.05) is 19.2 Å². The Hall–Kier alpha value is -0.870. The lowest BCUT2D eigenvalue weighted by atomic mass is 9.85. The molecule has 1 aromatic heterocycles. The van der Waals surface area contributed by atoms with Crippen LogP contribution in [0.25, 0.3) is 0 Å². The van der Waals surface area contributed by atoms with Crippen molar-refractivity contribution in [3.8, 4) is 0 Å². The highest BCUT2D eigenvalue weighted by Crippen LogP contribution is 2.27. The van der Waals surface area contributed by atoms with Gasteiger partial charge in [0.05, 0.1) is 12.2 Å². The van der Waals surface area contributed by atoms with E-state index in [-0.39, 0.29) is 0 Å². The molecule has 1 aromatic rings. The third kappa shape index (κ3) is 3.82. The maximum atomic E-state index is 5.40. The van der Waals surface area contributed by atoms with Crippen LogP contribution < -0.4 is 5.32 Å². The fourth-order valence-corrected chi connectivity index (χ4v) is 2.33. The van der Waals surface area contributed by atoms with E-state index < -0.39 is 0 Å². The zero-order chi connectivity index (χ0) is 12.8. The highest BCUT2D eigenvalue weighted by Gasteiger charge is 2.20. The van der Waals surface area contributed by atoms with Crippen LogP contribution in [0.4, 0.5) is 0 Å². The van der Waals surface area contributed by atoms with E-state index in [9.17, 15) is 0 Å². The van der Waals surface area contributed by atoms with Crippen LogP contribution >= 0.6 is 0 Å². The third-order valence-corrected chi connectivity index (χ3v) is 3.73. The average molecular weight is 251 g/mol. The van der Waals surface area contributed by atoms with Gasteiger partial charge in [-0.15, -0.1) is 0 Å². The molecule has 4 nitrogen and oxygen atoms in total. The Balaban J connectivity index is 1.80. The summed E-state index contributed by atoms with van der Waals surface area (Å²) in [5.74, 6) is 1.90. The molecule has 102 valence electrons. The molecule has 0 amide bonds. The van der Waals surface area contributed by atoms with Crippen molar-refractivity contribution in [3.05, 3.63) is 17.5 Å². The van der Waals surface area contributed by atoms with E-state index in [2.05, 4.69) is 35.3 Å². The SMILES string of the molecule is CCNCc1cc(CN(CC)CC2CCC2)on1. The second kappa shape index (κ2) is 6.90. The van der Waals surface area contributed by atoms with Gasteiger partial charge in [0.25, 0.3) is 0 Å². The predicted octanol–water partition coefficient (Wildman–Crippen LogP) is 2.41. The maximum Gasteiger partial charge on any atom is 0.151 e. The molecular formula is C14H25N3O. The molecule has 0 saturated heterocycles. The molecule has 0 bridgehead atoms. The monoisotopic (exact) mass is 251 g/mol. The Morgan fingerprint density at radius 3 is 2.89 bits per heavy atom. The lowest BCUT2D eigenvalue weighted by Gasteiger charge is -2.31. The Bertz CT molecular complexity index is 347. The van der Waals surface area contributed by atoms with E-state index in [0.717, 1.165) is 43.6 Å². The molecule has 0 spiro atoms. The number of nitrogens with zero attached hydrogens (tertiary/aromatic N) is 2. The number of rotatable bonds is 8. The molecule has 1 fully saturated rings. The highest BCUT2D eigenvalue weighted by atomic mass is 16.5. The lowest BCUT2D eigenvalue weighted by molar-refractivity contribution is 0.164. The largest absolute Gasteiger partial charge is 0.360 e. The fraction of sp³-hybridized carbons (Fsp3) is 0.786. The molecule has 2 rings (SSSR count). The molecule has 0 aliphatic heterocycles. The quantitative estimate of drug-likeness (QED) is 0.770. The molecule has 18 heavy (non-hydrogen) atoms. The number of nitrogens with one attached hydrogen (secondary N) is 1. The van der Waals surface area contributed by atoms with Crippen LogP contribution in [-0.4, -0.2) is 29.7 Å². The molecule has 1 aliphatic rings. The van der Waals surface area contributed by atoms with E-state index in [4.69, 9.17) is 4.52 Å². The Kier molecular flexibility index (Phi) is 5.20. The molecule has 1 N–H and O–H groups in total. The van der Waals surface area contributed by atoms with Crippen LogP contribution in [0.1, 0.15) is 44.6 Å². The summed E-state index contributed by atoms with van der Waals surface area (Å²) in [4.78, 5) is 2.46. The zero-order valence-electron chi connectivity index (χ0n) is 11.6. The van der Waals surface area contributed by atoms with Crippen LogP contribution in [0, 0.1) is 5.92 Å². The minimum absolute atomic E-state index is 0.800. The average Bonchev–Trinajstić information content (AvgIpc) is 2.77. The highest BCUT2D eigenvalue weighted by molar-refractivity contribution is 5.05. The normalized spacial score (nSPS) is 16.2. The molecule has 1 heterocycles. The van der Waals surface area contributed by atoms with Gasteiger partial charge in [-0.2, -0.15) is 0 Å². The van der Waals surface area contributed by atoms with Gasteiger partial charge in [-0.3, -0.25) is 4.90 Å². The van der Waals surface area contributed by atoms with Gasteiger partial charge >= 0.3 is 0 Å². The van der Waals surface area contributed by atoms with Crippen molar-refractivity contribution in [1.29, 1.82) is 0 Å². The van der Waals surface area contributed by atoms with Crippen molar-refractivity contribution < 1.29 is 4.52 Å².